The highest BCUT2D eigenvalue weighted by Crippen LogP contribution is 2.27. The Bertz CT molecular complexity index is 1150. The van der Waals surface area contributed by atoms with E-state index in [1.165, 1.54) is 12.1 Å². The zero-order valence-corrected chi connectivity index (χ0v) is 17.7. The van der Waals surface area contributed by atoms with Gasteiger partial charge < -0.3 is 14.8 Å². The van der Waals surface area contributed by atoms with Crippen LogP contribution in [-0.4, -0.2) is 35.5 Å². The summed E-state index contributed by atoms with van der Waals surface area (Å²) in [6.45, 7) is 4.51. The number of nitriles is 1. The normalized spacial score (nSPS) is 14.3. The molecule has 8 heteroatoms. The Morgan fingerprint density at radius 3 is 2.69 bits per heavy atom. The van der Waals surface area contributed by atoms with Crippen LogP contribution in [0.4, 0.5) is 10.2 Å². The number of benzene rings is 2. The van der Waals surface area contributed by atoms with Gasteiger partial charge in [-0.1, -0.05) is 25.1 Å². The number of nitrogens with one attached hydrogen (secondary N) is 1. The molecule has 0 bridgehead atoms. The van der Waals surface area contributed by atoms with E-state index < -0.39 is 5.82 Å². The fraction of sp³-hybridized carbons (Fsp3) is 0.292. The maximum atomic E-state index is 13.5. The van der Waals surface area contributed by atoms with Crippen LogP contribution in [0.15, 0.2) is 54.7 Å². The van der Waals surface area contributed by atoms with E-state index in [-0.39, 0.29) is 23.3 Å². The summed E-state index contributed by atoms with van der Waals surface area (Å²) in [7, 11) is 0. The van der Waals surface area contributed by atoms with Crippen molar-refractivity contribution in [2.75, 3.05) is 25.1 Å². The second-order valence-electron chi connectivity index (χ2n) is 8.29. The molecule has 0 saturated carbocycles. The molecule has 1 fully saturated rings. The molecule has 0 aliphatic carbocycles. The van der Waals surface area contributed by atoms with Crippen LogP contribution in [0.25, 0.3) is 0 Å². The molecule has 0 unspecified atom stereocenters. The number of halogens is 1. The summed E-state index contributed by atoms with van der Waals surface area (Å²) in [5, 5.41) is 16.0. The van der Waals surface area contributed by atoms with Crippen LogP contribution in [0.5, 0.6) is 5.75 Å². The molecule has 1 amide bonds. The Balaban J connectivity index is 1.28. The summed E-state index contributed by atoms with van der Waals surface area (Å²) in [5.74, 6) is 0.456. The molecule has 164 valence electrons. The predicted octanol–water partition coefficient (Wildman–Crippen LogP) is 3.54. The van der Waals surface area contributed by atoms with Crippen molar-refractivity contribution in [2.24, 2.45) is 5.41 Å². The van der Waals surface area contributed by atoms with Crippen LogP contribution in [0, 0.1) is 22.6 Å². The molecule has 1 aliphatic rings. The van der Waals surface area contributed by atoms with Gasteiger partial charge in [-0.05, 0) is 35.4 Å². The molecule has 4 rings (SSSR count). The Labute approximate surface area is 185 Å². The van der Waals surface area contributed by atoms with Gasteiger partial charge in [-0.15, -0.1) is 0 Å². The maximum Gasteiger partial charge on any atom is 0.229 e. The SMILES string of the molecule is CC1(COc2ccc(CC(=O)Nc3ccn(Cc4ccc(F)c(C#N)c4)n3)cc2)COC1. The molecule has 1 aromatic heterocycles. The average Bonchev–Trinajstić information content (AvgIpc) is 3.19. The van der Waals surface area contributed by atoms with Crippen LogP contribution in [-0.2, 0) is 22.5 Å². The zero-order chi connectivity index (χ0) is 22.6. The van der Waals surface area contributed by atoms with Crippen LogP contribution in [0.1, 0.15) is 23.6 Å². The van der Waals surface area contributed by atoms with Gasteiger partial charge in [0.15, 0.2) is 5.82 Å². The predicted molar refractivity (Wildman–Crippen MR) is 116 cm³/mol. The lowest BCUT2D eigenvalue weighted by Crippen LogP contribution is -2.44. The van der Waals surface area contributed by atoms with Gasteiger partial charge in [0.25, 0.3) is 0 Å². The van der Waals surface area contributed by atoms with Crippen LogP contribution < -0.4 is 10.1 Å². The van der Waals surface area contributed by atoms with Gasteiger partial charge >= 0.3 is 0 Å². The minimum atomic E-state index is -0.550. The summed E-state index contributed by atoms with van der Waals surface area (Å²) in [6, 6.07) is 15.3. The van der Waals surface area contributed by atoms with Crippen molar-refractivity contribution < 1.29 is 18.7 Å². The molecule has 0 spiro atoms. The Morgan fingerprint density at radius 2 is 2.00 bits per heavy atom. The number of anilines is 1. The number of amides is 1. The summed E-state index contributed by atoms with van der Waals surface area (Å²) >= 11 is 0. The number of hydrogen-bond acceptors (Lipinski definition) is 5. The molecule has 0 radical (unpaired) electrons. The third-order valence-electron chi connectivity index (χ3n) is 5.18. The molecule has 32 heavy (non-hydrogen) atoms. The number of hydrogen-bond donors (Lipinski definition) is 1. The lowest BCUT2D eigenvalue weighted by Gasteiger charge is -2.37. The third-order valence-corrected chi connectivity index (χ3v) is 5.18. The van der Waals surface area contributed by atoms with E-state index in [9.17, 15) is 9.18 Å². The second-order valence-corrected chi connectivity index (χ2v) is 8.29. The number of rotatable bonds is 8. The van der Waals surface area contributed by atoms with Gasteiger partial charge in [-0.2, -0.15) is 10.4 Å². The summed E-state index contributed by atoms with van der Waals surface area (Å²) in [5.41, 5.74) is 1.68. The van der Waals surface area contributed by atoms with Crippen LogP contribution >= 0.6 is 0 Å². The van der Waals surface area contributed by atoms with Crippen molar-refractivity contribution in [2.45, 2.75) is 19.9 Å². The first-order valence-electron chi connectivity index (χ1n) is 10.2. The average molecular weight is 434 g/mol. The first-order valence-corrected chi connectivity index (χ1v) is 10.2. The van der Waals surface area contributed by atoms with E-state index in [0.717, 1.165) is 16.9 Å². The fourth-order valence-corrected chi connectivity index (χ4v) is 3.33. The highest BCUT2D eigenvalue weighted by Gasteiger charge is 2.34. The smallest absolute Gasteiger partial charge is 0.229 e. The maximum absolute atomic E-state index is 13.5. The molecule has 2 heterocycles. The summed E-state index contributed by atoms with van der Waals surface area (Å²) < 4.78 is 26.1. The van der Waals surface area contributed by atoms with Gasteiger partial charge in [-0.25, -0.2) is 4.39 Å². The number of ether oxygens (including phenoxy) is 2. The number of carbonyl (C=O) groups excluding carboxylic acids is 1. The molecule has 2 aromatic carbocycles. The number of aromatic nitrogens is 2. The molecular weight excluding hydrogens is 411 g/mol. The van der Waals surface area contributed by atoms with Gasteiger partial charge in [-0.3, -0.25) is 9.48 Å². The van der Waals surface area contributed by atoms with E-state index in [1.807, 2.05) is 30.3 Å². The van der Waals surface area contributed by atoms with Crippen molar-refractivity contribution in [3.8, 4) is 11.8 Å². The first-order chi connectivity index (χ1) is 15.4. The van der Waals surface area contributed by atoms with Gasteiger partial charge in [0.1, 0.15) is 17.6 Å². The first kappa shape index (κ1) is 21.5. The Hall–Kier alpha value is -3.70. The van der Waals surface area contributed by atoms with E-state index in [0.29, 0.717) is 32.2 Å². The highest BCUT2D eigenvalue weighted by molar-refractivity contribution is 5.91. The molecule has 3 aromatic rings. The van der Waals surface area contributed by atoms with Gasteiger partial charge in [0.05, 0.1) is 38.3 Å². The quantitative estimate of drug-likeness (QED) is 0.586. The third kappa shape index (κ3) is 5.31. The molecular formula is C24H23FN4O3. The van der Waals surface area contributed by atoms with Crippen LogP contribution in [0.3, 0.4) is 0 Å². The highest BCUT2D eigenvalue weighted by atomic mass is 19.1. The van der Waals surface area contributed by atoms with Crippen molar-refractivity contribution in [3.05, 3.63) is 77.2 Å². The van der Waals surface area contributed by atoms with E-state index in [2.05, 4.69) is 17.3 Å². The monoisotopic (exact) mass is 434 g/mol. The van der Waals surface area contributed by atoms with Gasteiger partial charge in [0, 0.05) is 17.7 Å². The number of nitrogens with zero attached hydrogens (tertiary/aromatic N) is 3. The fourth-order valence-electron chi connectivity index (χ4n) is 3.33. The molecule has 1 N–H and O–H groups in total. The number of carbonyl (C=O) groups is 1. The topological polar surface area (TPSA) is 89.2 Å². The van der Waals surface area contributed by atoms with E-state index >= 15 is 0 Å². The van der Waals surface area contributed by atoms with Crippen molar-refractivity contribution >= 4 is 11.7 Å². The lowest BCUT2D eigenvalue weighted by atomic mass is 9.90. The van der Waals surface area contributed by atoms with E-state index in [1.54, 1.807) is 23.0 Å². The Morgan fingerprint density at radius 1 is 1.25 bits per heavy atom. The van der Waals surface area contributed by atoms with Crippen molar-refractivity contribution in [1.29, 1.82) is 5.26 Å². The summed E-state index contributed by atoms with van der Waals surface area (Å²) in [6.07, 6.45) is 1.92. The molecule has 7 nitrogen and oxygen atoms in total. The second kappa shape index (κ2) is 9.20. The zero-order valence-electron chi connectivity index (χ0n) is 17.7. The largest absolute Gasteiger partial charge is 0.493 e. The minimum Gasteiger partial charge on any atom is -0.493 e. The standard InChI is InChI=1S/C24H23FN4O3/c1-24(14-31-15-24)16-32-20-5-2-17(3-6-20)11-23(30)27-22-8-9-29(28-22)13-18-4-7-21(25)19(10-18)12-26/h2-10H,11,13-16H2,1H3,(H,27,28,30). The Kier molecular flexibility index (Phi) is 6.19. The van der Waals surface area contributed by atoms with Crippen LogP contribution in [0.2, 0.25) is 0 Å². The van der Waals surface area contributed by atoms with Crippen molar-refractivity contribution in [1.82, 2.24) is 9.78 Å². The minimum absolute atomic E-state index is 0.00847. The molecule has 1 saturated heterocycles. The summed E-state index contributed by atoms with van der Waals surface area (Å²) in [4.78, 5) is 12.4. The molecule has 1 aliphatic heterocycles. The van der Waals surface area contributed by atoms with E-state index in [4.69, 9.17) is 14.7 Å². The van der Waals surface area contributed by atoms with Crippen molar-refractivity contribution in [3.63, 3.8) is 0 Å². The lowest BCUT2D eigenvalue weighted by molar-refractivity contribution is -0.120. The van der Waals surface area contributed by atoms with Gasteiger partial charge in [0.2, 0.25) is 5.91 Å². The molecule has 0 atom stereocenters.